The Bertz CT molecular complexity index is 1240. The fraction of sp³-hybridized carbons (Fsp3) is 0.357. The van der Waals surface area contributed by atoms with Crippen LogP contribution < -0.4 is 14.8 Å². The number of nitrogens with zero attached hydrogens (tertiary/aromatic N) is 1. The summed E-state index contributed by atoms with van der Waals surface area (Å²) < 4.78 is 38.0. The smallest absolute Gasteiger partial charge is 0.252 e. The van der Waals surface area contributed by atoms with Crippen LogP contribution in [0.2, 0.25) is 0 Å². The van der Waals surface area contributed by atoms with Crippen molar-refractivity contribution in [2.24, 2.45) is 5.92 Å². The third-order valence-corrected chi connectivity index (χ3v) is 7.89. The van der Waals surface area contributed by atoms with Crippen LogP contribution in [0.5, 0.6) is 11.6 Å². The summed E-state index contributed by atoms with van der Waals surface area (Å²) in [6.07, 6.45) is 4.88. The number of ether oxygens (including phenoxy) is 3. The van der Waals surface area contributed by atoms with Crippen molar-refractivity contribution >= 4 is 17.0 Å². The van der Waals surface area contributed by atoms with Crippen molar-refractivity contribution in [3.05, 3.63) is 78.0 Å². The van der Waals surface area contributed by atoms with E-state index >= 15 is 0 Å². The Balaban J connectivity index is 1.14. The SMILES string of the molecule is O=C(NC1(S(=O)O)CC1)c1ccc(COc2cccc(-c3ccc(OCC4CCOCC4)nc3)c2)cc1. The van der Waals surface area contributed by atoms with Gasteiger partial charge in [-0.05, 0) is 73.1 Å². The predicted molar refractivity (Wildman–Crippen MR) is 140 cm³/mol. The van der Waals surface area contributed by atoms with Gasteiger partial charge in [0, 0.05) is 36.6 Å². The van der Waals surface area contributed by atoms with E-state index in [4.69, 9.17) is 14.2 Å². The van der Waals surface area contributed by atoms with Crippen molar-refractivity contribution in [3.63, 3.8) is 0 Å². The highest BCUT2D eigenvalue weighted by Crippen LogP contribution is 2.38. The number of pyridine rings is 1. The van der Waals surface area contributed by atoms with Crippen LogP contribution in [-0.2, 0) is 22.4 Å². The Morgan fingerprint density at radius 1 is 1.05 bits per heavy atom. The molecule has 1 atom stereocenters. The van der Waals surface area contributed by atoms with Crippen LogP contribution in [0.4, 0.5) is 0 Å². The lowest BCUT2D eigenvalue weighted by Crippen LogP contribution is -2.39. The molecule has 0 bridgehead atoms. The van der Waals surface area contributed by atoms with Crippen molar-refractivity contribution in [2.45, 2.75) is 37.2 Å². The van der Waals surface area contributed by atoms with Crippen LogP contribution in [0.3, 0.4) is 0 Å². The Morgan fingerprint density at radius 2 is 1.84 bits per heavy atom. The van der Waals surface area contributed by atoms with Gasteiger partial charge >= 0.3 is 0 Å². The Morgan fingerprint density at radius 3 is 2.51 bits per heavy atom. The van der Waals surface area contributed by atoms with Crippen LogP contribution in [0.25, 0.3) is 11.1 Å². The molecule has 1 saturated heterocycles. The molecule has 2 N–H and O–H groups in total. The highest BCUT2D eigenvalue weighted by molar-refractivity contribution is 7.81. The second-order valence-corrected chi connectivity index (χ2v) is 10.7. The molecule has 8 nitrogen and oxygen atoms in total. The van der Waals surface area contributed by atoms with Crippen molar-refractivity contribution in [2.75, 3.05) is 19.8 Å². The molecule has 2 heterocycles. The number of carbonyl (C=O) groups excluding carboxylic acids is 1. The normalized spacial score (nSPS) is 17.5. The zero-order valence-electron chi connectivity index (χ0n) is 20.4. The van der Waals surface area contributed by atoms with E-state index in [1.54, 1.807) is 18.3 Å². The Kier molecular flexibility index (Phi) is 7.83. The molecule has 2 aliphatic rings. The minimum atomic E-state index is -2.07. The van der Waals surface area contributed by atoms with Gasteiger partial charge in [-0.15, -0.1) is 0 Å². The van der Waals surface area contributed by atoms with Crippen LogP contribution in [0.15, 0.2) is 66.9 Å². The minimum absolute atomic E-state index is 0.340. The topological polar surface area (TPSA) is 107 Å². The molecule has 2 fully saturated rings. The van der Waals surface area contributed by atoms with Gasteiger partial charge in [0.15, 0.2) is 11.1 Å². The van der Waals surface area contributed by atoms with E-state index in [0.717, 1.165) is 48.5 Å². The van der Waals surface area contributed by atoms with E-state index < -0.39 is 16.0 Å². The molecule has 194 valence electrons. The standard InChI is InChI=1S/C28H30N2O6S/c31-27(30-28(12-13-28)37(32)33)22-6-4-20(5-7-22)18-35-25-3-1-2-23(16-25)24-8-9-26(29-17-24)36-19-21-10-14-34-15-11-21/h1-9,16-17,21H,10-15,18-19H2,(H,30,31)(H,32,33). The first-order chi connectivity index (χ1) is 18.0. The largest absolute Gasteiger partial charge is 0.489 e. The van der Waals surface area contributed by atoms with Crippen molar-refractivity contribution in [1.29, 1.82) is 0 Å². The summed E-state index contributed by atoms with van der Waals surface area (Å²) in [5, 5.41) is 2.67. The molecule has 1 amide bonds. The van der Waals surface area contributed by atoms with Crippen molar-refractivity contribution in [3.8, 4) is 22.8 Å². The maximum atomic E-state index is 12.4. The maximum absolute atomic E-state index is 12.4. The highest BCUT2D eigenvalue weighted by Gasteiger charge is 2.50. The van der Waals surface area contributed by atoms with Gasteiger partial charge in [-0.3, -0.25) is 4.79 Å². The second kappa shape index (κ2) is 11.4. The lowest BCUT2D eigenvalue weighted by molar-refractivity contribution is 0.0490. The van der Waals surface area contributed by atoms with Crippen molar-refractivity contribution < 1.29 is 27.8 Å². The van der Waals surface area contributed by atoms with Crippen LogP contribution in [0.1, 0.15) is 41.6 Å². The third kappa shape index (κ3) is 6.54. The lowest BCUT2D eigenvalue weighted by atomic mass is 10.0. The van der Waals surface area contributed by atoms with Gasteiger partial charge in [0.1, 0.15) is 17.2 Å². The second-order valence-electron chi connectivity index (χ2n) is 9.46. The number of nitrogens with one attached hydrogen (secondary N) is 1. The van der Waals surface area contributed by atoms with Gasteiger partial charge in [-0.1, -0.05) is 24.3 Å². The summed E-state index contributed by atoms with van der Waals surface area (Å²) in [7, 11) is 0. The average molecular weight is 523 g/mol. The van der Waals surface area contributed by atoms with Gasteiger partial charge in [0.05, 0.1) is 6.61 Å². The molecule has 0 radical (unpaired) electrons. The van der Waals surface area contributed by atoms with E-state index in [0.29, 0.717) is 43.4 Å². The number of benzene rings is 2. The molecule has 37 heavy (non-hydrogen) atoms. The van der Waals surface area contributed by atoms with E-state index in [-0.39, 0.29) is 5.91 Å². The van der Waals surface area contributed by atoms with Gasteiger partial charge in [-0.25, -0.2) is 9.19 Å². The Hall–Kier alpha value is -3.27. The molecular formula is C28H30N2O6S. The number of aromatic nitrogens is 1. The summed E-state index contributed by atoms with van der Waals surface area (Å²) in [4.78, 5) is 15.9. The fourth-order valence-corrected chi connectivity index (χ4v) is 4.80. The summed E-state index contributed by atoms with van der Waals surface area (Å²) in [6.45, 7) is 2.61. The van der Waals surface area contributed by atoms with Gasteiger partial charge in [-0.2, -0.15) is 0 Å². The Labute approximate surface area is 218 Å². The zero-order valence-corrected chi connectivity index (χ0v) is 21.2. The average Bonchev–Trinajstić information content (AvgIpc) is 3.73. The molecule has 1 aromatic heterocycles. The number of carbonyl (C=O) groups is 1. The molecule has 1 unspecified atom stereocenters. The number of hydrogen-bond acceptors (Lipinski definition) is 6. The zero-order chi connectivity index (χ0) is 25.7. The fourth-order valence-electron chi connectivity index (χ4n) is 4.17. The van der Waals surface area contributed by atoms with E-state index in [1.807, 2.05) is 48.5 Å². The van der Waals surface area contributed by atoms with E-state index in [2.05, 4.69) is 10.3 Å². The summed E-state index contributed by atoms with van der Waals surface area (Å²) in [6, 6.07) is 18.7. The number of hydrogen-bond donors (Lipinski definition) is 2. The molecule has 9 heteroatoms. The lowest BCUT2D eigenvalue weighted by Gasteiger charge is -2.21. The highest BCUT2D eigenvalue weighted by atomic mass is 32.2. The first kappa shape index (κ1) is 25.4. The van der Waals surface area contributed by atoms with E-state index in [9.17, 15) is 13.6 Å². The van der Waals surface area contributed by atoms with Crippen LogP contribution in [0, 0.1) is 5.92 Å². The molecule has 5 rings (SSSR count). The van der Waals surface area contributed by atoms with Gasteiger partial charge in [0.2, 0.25) is 5.88 Å². The van der Waals surface area contributed by atoms with Gasteiger partial charge in [0.25, 0.3) is 5.91 Å². The monoisotopic (exact) mass is 522 g/mol. The van der Waals surface area contributed by atoms with Crippen molar-refractivity contribution in [1.82, 2.24) is 10.3 Å². The quantitative estimate of drug-likeness (QED) is 0.376. The maximum Gasteiger partial charge on any atom is 0.252 e. The van der Waals surface area contributed by atoms with Gasteiger partial charge < -0.3 is 24.1 Å². The van der Waals surface area contributed by atoms with E-state index in [1.165, 1.54) is 0 Å². The predicted octanol–water partition coefficient (Wildman–Crippen LogP) is 4.57. The minimum Gasteiger partial charge on any atom is -0.489 e. The first-order valence-electron chi connectivity index (χ1n) is 12.4. The number of amides is 1. The first-order valence-corrected chi connectivity index (χ1v) is 13.5. The molecular weight excluding hydrogens is 492 g/mol. The molecule has 1 aliphatic carbocycles. The summed E-state index contributed by atoms with van der Waals surface area (Å²) >= 11 is -2.07. The number of rotatable bonds is 10. The third-order valence-electron chi connectivity index (χ3n) is 6.71. The van der Waals surface area contributed by atoms with Crippen LogP contribution in [-0.4, -0.2) is 44.3 Å². The molecule has 1 saturated carbocycles. The summed E-state index contributed by atoms with van der Waals surface area (Å²) in [5.74, 6) is 1.51. The molecule has 3 aromatic rings. The molecule has 1 aliphatic heterocycles. The molecule has 2 aromatic carbocycles. The summed E-state index contributed by atoms with van der Waals surface area (Å²) in [5.41, 5.74) is 3.30. The molecule has 0 spiro atoms. The van der Waals surface area contributed by atoms with Crippen LogP contribution >= 0.6 is 0 Å².